The lowest BCUT2D eigenvalue weighted by Gasteiger charge is -2.20. The van der Waals surface area contributed by atoms with Gasteiger partial charge in [0.25, 0.3) is 0 Å². The third-order valence-corrected chi connectivity index (χ3v) is 3.09. The largest absolute Gasteiger partial charge is 0.406 e. The first-order valence-corrected chi connectivity index (χ1v) is 5.70. The number of aromatic nitrogens is 2. The average Bonchev–Trinajstić information content (AvgIpc) is 2.86. The van der Waals surface area contributed by atoms with Crippen molar-refractivity contribution in [2.45, 2.75) is 51.0 Å². The molecule has 1 aliphatic carbocycles. The van der Waals surface area contributed by atoms with Crippen molar-refractivity contribution < 1.29 is 13.2 Å². The summed E-state index contributed by atoms with van der Waals surface area (Å²) in [6.45, 7) is 4.11. The van der Waals surface area contributed by atoms with Gasteiger partial charge in [0, 0.05) is 18.8 Å². The van der Waals surface area contributed by atoms with Crippen LogP contribution in [0.15, 0.2) is 12.3 Å². The van der Waals surface area contributed by atoms with Gasteiger partial charge in [-0.25, -0.2) is 0 Å². The van der Waals surface area contributed by atoms with Crippen molar-refractivity contribution in [3.05, 3.63) is 18.0 Å². The molecule has 3 nitrogen and oxygen atoms in total. The first kappa shape index (κ1) is 12.4. The van der Waals surface area contributed by atoms with Gasteiger partial charge in [0.2, 0.25) is 0 Å². The summed E-state index contributed by atoms with van der Waals surface area (Å²) in [6.07, 6.45) is -2.04. The van der Waals surface area contributed by atoms with E-state index in [2.05, 4.69) is 10.4 Å². The van der Waals surface area contributed by atoms with Crippen molar-refractivity contribution in [1.29, 1.82) is 0 Å². The summed E-state index contributed by atoms with van der Waals surface area (Å²) < 4.78 is 39.7. The molecule has 0 bridgehead atoms. The highest BCUT2D eigenvalue weighted by molar-refractivity contribution is 5.10. The fourth-order valence-electron chi connectivity index (χ4n) is 1.70. The molecule has 1 aliphatic rings. The van der Waals surface area contributed by atoms with E-state index in [1.165, 1.54) is 0 Å². The number of nitrogens with one attached hydrogen (secondary N) is 1. The summed E-state index contributed by atoms with van der Waals surface area (Å²) in [6, 6.07) is 1.97. The van der Waals surface area contributed by atoms with E-state index < -0.39 is 11.7 Å². The van der Waals surface area contributed by atoms with Crippen LogP contribution >= 0.6 is 0 Å². The second-order valence-corrected chi connectivity index (χ2v) is 4.81. The smallest absolute Gasteiger partial charge is 0.298 e. The maximum Gasteiger partial charge on any atom is 0.406 e. The maximum absolute atomic E-state index is 12.6. The lowest BCUT2D eigenvalue weighted by molar-refractivity contribution is -0.166. The van der Waals surface area contributed by atoms with Crippen molar-refractivity contribution in [1.82, 2.24) is 15.1 Å². The van der Waals surface area contributed by atoms with Crippen molar-refractivity contribution in [3.63, 3.8) is 0 Å². The number of nitrogens with zero attached hydrogens (tertiary/aromatic N) is 2. The highest BCUT2D eigenvalue weighted by atomic mass is 19.4. The van der Waals surface area contributed by atoms with Gasteiger partial charge in [0.15, 0.2) is 0 Å². The molecule has 1 aromatic rings. The Bertz CT molecular complexity index is 391. The van der Waals surface area contributed by atoms with Crippen LogP contribution in [0, 0.1) is 0 Å². The quantitative estimate of drug-likeness (QED) is 0.886. The number of rotatable bonds is 4. The molecule has 0 atom stereocenters. The first-order chi connectivity index (χ1) is 7.84. The van der Waals surface area contributed by atoms with Gasteiger partial charge in [-0.05, 0) is 32.8 Å². The van der Waals surface area contributed by atoms with Gasteiger partial charge in [0.1, 0.15) is 5.54 Å². The highest BCUT2D eigenvalue weighted by Gasteiger charge is 2.62. The maximum atomic E-state index is 12.6. The Labute approximate surface area is 98.0 Å². The molecule has 0 amide bonds. The van der Waals surface area contributed by atoms with Crippen LogP contribution in [0.25, 0.3) is 0 Å². The monoisotopic (exact) mass is 247 g/mol. The van der Waals surface area contributed by atoms with E-state index in [-0.39, 0.29) is 25.4 Å². The van der Waals surface area contributed by atoms with Gasteiger partial charge in [0.05, 0.1) is 5.69 Å². The van der Waals surface area contributed by atoms with Crippen LogP contribution < -0.4 is 5.32 Å². The SMILES string of the molecule is CC(C)n1ccc(CNC2(C(F)(F)F)CC2)n1. The standard InChI is InChI=1S/C11H16F3N3/c1-8(2)17-6-3-9(16-17)7-15-10(4-5-10)11(12,13)14/h3,6,8,15H,4-5,7H2,1-2H3. The first-order valence-electron chi connectivity index (χ1n) is 5.70. The van der Waals surface area contributed by atoms with E-state index in [0.29, 0.717) is 5.69 Å². The topological polar surface area (TPSA) is 29.9 Å². The molecular formula is C11H16F3N3. The van der Waals surface area contributed by atoms with Gasteiger partial charge < -0.3 is 0 Å². The molecule has 2 rings (SSSR count). The molecule has 0 aliphatic heterocycles. The summed E-state index contributed by atoms with van der Waals surface area (Å²) >= 11 is 0. The molecular weight excluding hydrogens is 231 g/mol. The zero-order chi connectivity index (χ0) is 12.7. The molecule has 1 N–H and O–H groups in total. The van der Waals surface area contributed by atoms with Crippen LogP contribution in [0.4, 0.5) is 13.2 Å². The minimum absolute atomic E-state index is 0.166. The fourth-order valence-corrected chi connectivity index (χ4v) is 1.70. The lowest BCUT2D eigenvalue weighted by atomic mass is 10.2. The van der Waals surface area contributed by atoms with E-state index >= 15 is 0 Å². The van der Waals surface area contributed by atoms with Crippen molar-refractivity contribution in [2.75, 3.05) is 0 Å². The molecule has 0 unspecified atom stereocenters. The summed E-state index contributed by atoms with van der Waals surface area (Å²) in [4.78, 5) is 0. The van der Waals surface area contributed by atoms with Gasteiger partial charge >= 0.3 is 6.18 Å². The van der Waals surface area contributed by atoms with Crippen molar-refractivity contribution in [3.8, 4) is 0 Å². The second kappa shape index (κ2) is 4.01. The second-order valence-electron chi connectivity index (χ2n) is 4.81. The molecule has 0 aromatic carbocycles. The lowest BCUT2D eigenvalue weighted by Crippen LogP contribution is -2.44. The van der Waals surface area contributed by atoms with Crippen LogP contribution in [0.2, 0.25) is 0 Å². The van der Waals surface area contributed by atoms with E-state index in [1.54, 1.807) is 16.9 Å². The molecule has 1 saturated carbocycles. The van der Waals surface area contributed by atoms with Gasteiger partial charge in [-0.1, -0.05) is 0 Å². The Morgan fingerprint density at radius 3 is 2.53 bits per heavy atom. The summed E-state index contributed by atoms with van der Waals surface area (Å²) in [5.41, 5.74) is -1.01. The van der Waals surface area contributed by atoms with Crippen molar-refractivity contribution >= 4 is 0 Å². The van der Waals surface area contributed by atoms with Crippen LogP contribution in [0.1, 0.15) is 38.4 Å². The van der Waals surface area contributed by atoms with Gasteiger partial charge in [-0.2, -0.15) is 18.3 Å². The summed E-state index contributed by atoms with van der Waals surface area (Å²) in [7, 11) is 0. The Balaban J connectivity index is 1.94. The summed E-state index contributed by atoms with van der Waals surface area (Å²) in [5.74, 6) is 0. The minimum atomic E-state index is -4.16. The molecule has 96 valence electrons. The predicted octanol–water partition coefficient (Wildman–Crippen LogP) is 2.65. The molecule has 0 spiro atoms. The number of hydrogen-bond acceptors (Lipinski definition) is 2. The molecule has 1 heterocycles. The molecule has 6 heteroatoms. The number of halogens is 3. The number of hydrogen-bond donors (Lipinski definition) is 1. The fraction of sp³-hybridized carbons (Fsp3) is 0.727. The zero-order valence-electron chi connectivity index (χ0n) is 9.88. The van der Waals surface area contributed by atoms with E-state index in [0.717, 1.165) is 0 Å². The zero-order valence-corrected chi connectivity index (χ0v) is 9.88. The molecule has 1 aromatic heterocycles. The normalized spacial score (nSPS) is 18.7. The molecule has 0 saturated heterocycles. The Morgan fingerprint density at radius 2 is 2.12 bits per heavy atom. The van der Waals surface area contributed by atoms with Crippen LogP contribution in [-0.4, -0.2) is 21.5 Å². The predicted molar refractivity (Wildman–Crippen MR) is 57.5 cm³/mol. The molecule has 17 heavy (non-hydrogen) atoms. The van der Waals surface area contributed by atoms with Crippen LogP contribution in [-0.2, 0) is 6.54 Å². The third kappa shape index (κ3) is 2.46. The molecule has 0 radical (unpaired) electrons. The molecule has 1 fully saturated rings. The van der Waals surface area contributed by atoms with E-state index in [1.807, 2.05) is 13.8 Å². The van der Waals surface area contributed by atoms with Crippen LogP contribution in [0.5, 0.6) is 0 Å². The van der Waals surface area contributed by atoms with Crippen LogP contribution in [0.3, 0.4) is 0 Å². The van der Waals surface area contributed by atoms with E-state index in [4.69, 9.17) is 0 Å². The highest BCUT2D eigenvalue weighted by Crippen LogP contribution is 2.48. The summed E-state index contributed by atoms with van der Waals surface area (Å²) in [5, 5.41) is 6.79. The van der Waals surface area contributed by atoms with Gasteiger partial charge in [-0.15, -0.1) is 0 Å². The Kier molecular flexibility index (Phi) is 2.93. The average molecular weight is 247 g/mol. The Hall–Kier alpha value is -1.04. The third-order valence-electron chi connectivity index (χ3n) is 3.09. The Morgan fingerprint density at radius 1 is 1.47 bits per heavy atom. The van der Waals surface area contributed by atoms with E-state index in [9.17, 15) is 13.2 Å². The minimum Gasteiger partial charge on any atom is -0.298 e. The van der Waals surface area contributed by atoms with Crippen molar-refractivity contribution in [2.24, 2.45) is 0 Å². The number of alkyl halides is 3. The van der Waals surface area contributed by atoms with Gasteiger partial charge in [-0.3, -0.25) is 10.00 Å².